The van der Waals surface area contributed by atoms with Crippen molar-refractivity contribution < 1.29 is 60.8 Å². The number of nitrogens with zero attached hydrogens (tertiary/aromatic N) is 3. The fourth-order valence-electron chi connectivity index (χ4n) is 3.59. The van der Waals surface area contributed by atoms with Crippen molar-refractivity contribution in [1.29, 1.82) is 5.41 Å². The maximum atomic E-state index is 12.7. The number of pyridine rings is 1. The largest absolute Gasteiger partial charge is 0.490 e. The normalized spacial score (nSPS) is 13.7. The Bertz CT molecular complexity index is 1470. The molecule has 2 aromatic heterocycles. The van der Waals surface area contributed by atoms with E-state index in [1.807, 2.05) is 22.7 Å². The average Bonchev–Trinajstić information content (AvgIpc) is 3.36. The maximum absolute atomic E-state index is 12.7. The van der Waals surface area contributed by atoms with Crippen molar-refractivity contribution in [3.63, 3.8) is 0 Å². The number of halogens is 6. The molecular formula is C25H23F6N5O7. The molecule has 0 spiro atoms. The zero-order chi connectivity index (χ0) is 32.7. The molecule has 1 saturated heterocycles. The number of nitrogens with one attached hydrogen (secondary N) is 1. The van der Waals surface area contributed by atoms with Crippen molar-refractivity contribution in [2.45, 2.75) is 25.2 Å². The van der Waals surface area contributed by atoms with Crippen LogP contribution in [0.25, 0.3) is 16.9 Å². The number of aromatic nitrogens is 2. The van der Waals surface area contributed by atoms with Crippen LogP contribution < -0.4 is 5.73 Å². The van der Waals surface area contributed by atoms with Crippen molar-refractivity contribution in [2.24, 2.45) is 11.7 Å². The van der Waals surface area contributed by atoms with Gasteiger partial charge in [0.1, 0.15) is 11.5 Å². The topological polar surface area (TPSA) is 199 Å². The van der Waals surface area contributed by atoms with Gasteiger partial charge in [0, 0.05) is 42.2 Å². The first-order valence-corrected chi connectivity index (χ1v) is 11.9. The van der Waals surface area contributed by atoms with Crippen LogP contribution in [0.4, 0.5) is 26.3 Å². The van der Waals surface area contributed by atoms with Gasteiger partial charge in [-0.1, -0.05) is 12.1 Å². The molecule has 0 unspecified atom stereocenters. The maximum Gasteiger partial charge on any atom is 0.490 e. The highest BCUT2D eigenvalue weighted by Crippen LogP contribution is 2.23. The number of aliphatic carboxylic acids is 3. The molecule has 232 valence electrons. The second-order valence-electron chi connectivity index (χ2n) is 8.81. The Morgan fingerprint density at radius 2 is 1.28 bits per heavy atom. The van der Waals surface area contributed by atoms with Gasteiger partial charge in [0.2, 0.25) is 0 Å². The van der Waals surface area contributed by atoms with E-state index in [-0.39, 0.29) is 17.7 Å². The number of rotatable bonds is 4. The highest BCUT2D eigenvalue weighted by molar-refractivity contribution is 5.95. The number of amides is 1. The number of benzene rings is 1. The molecule has 18 heteroatoms. The minimum Gasteiger partial charge on any atom is -0.481 e. The summed E-state index contributed by atoms with van der Waals surface area (Å²) < 4.78 is 65.3. The Morgan fingerprint density at radius 3 is 1.70 bits per heavy atom. The third-order valence-electron chi connectivity index (χ3n) is 5.81. The van der Waals surface area contributed by atoms with Crippen molar-refractivity contribution in [3.05, 3.63) is 59.9 Å². The highest BCUT2D eigenvalue weighted by Gasteiger charge is 2.39. The number of nitrogen functional groups attached to an aromatic ring is 1. The van der Waals surface area contributed by atoms with Gasteiger partial charge in [-0.05, 0) is 37.1 Å². The zero-order valence-electron chi connectivity index (χ0n) is 21.7. The Kier molecular flexibility index (Phi) is 10.8. The minimum absolute atomic E-state index is 0.00240. The summed E-state index contributed by atoms with van der Waals surface area (Å²) in [5, 5.41) is 30.9. The number of carboxylic acid groups (broad SMARTS) is 3. The molecule has 4 rings (SSSR count). The lowest BCUT2D eigenvalue weighted by atomic mass is 9.96. The first-order chi connectivity index (χ1) is 19.8. The summed E-state index contributed by atoms with van der Waals surface area (Å²) in [5.74, 6) is -6.75. The SMILES string of the molecule is N=C(N)c1ccc2nc(-c3ccc(C(=O)N4CCC(C(=O)O)CC4)cc3)cn2c1.O=C(O)C(F)(F)F.O=C(O)C(F)(F)F. The number of likely N-dealkylation sites (tertiary alicyclic amines) is 1. The van der Waals surface area contributed by atoms with Gasteiger partial charge in [0.25, 0.3) is 5.91 Å². The first kappa shape index (κ1) is 34.0. The Morgan fingerprint density at radius 1 is 0.814 bits per heavy atom. The van der Waals surface area contributed by atoms with Crippen LogP contribution in [-0.2, 0) is 14.4 Å². The van der Waals surface area contributed by atoms with E-state index in [9.17, 15) is 35.9 Å². The number of piperidine rings is 1. The smallest absolute Gasteiger partial charge is 0.481 e. The quantitative estimate of drug-likeness (QED) is 0.165. The lowest BCUT2D eigenvalue weighted by Crippen LogP contribution is -2.40. The summed E-state index contributed by atoms with van der Waals surface area (Å²) in [6.07, 6.45) is -5.58. The zero-order valence-corrected chi connectivity index (χ0v) is 21.7. The molecule has 3 heterocycles. The van der Waals surface area contributed by atoms with E-state index in [1.54, 1.807) is 35.4 Å². The number of carboxylic acids is 3. The van der Waals surface area contributed by atoms with Crippen molar-refractivity contribution in [2.75, 3.05) is 13.1 Å². The number of alkyl halides is 6. The molecule has 1 aliphatic heterocycles. The van der Waals surface area contributed by atoms with Crippen LogP contribution in [0, 0.1) is 11.3 Å². The monoisotopic (exact) mass is 619 g/mol. The van der Waals surface area contributed by atoms with Gasteiger partial charge >= 0.3 is 30.3 Å². The summed E-state index contributed by atoms with van der Waals surface area (Å²) in [4.78, 5) is 47.8. The molecule has 0 saturated carbocycles. The number of imidazole rings is 1. The molecule has 3 aromatic rings. The van der Waals surface area contributed by atoms with Crippen molar-refractivity contribution in [1.82, 2.24) is 14.3 Å². The standard InChI is InChI=1S/C21H21N5O3.2C2HF3O2/c22-19(23)16-5-6-18-24-17(12-26(18)11-16)13-1-3-14(4-2-13)20(27)25-9-7-15(8-10-25)21(28)29;2*3-2(4,5)1(6)7/h1-6,11-12,15H,7-10H2,(H3,22,23)(H,28,29);2*(H,6,7). The molecule has 1 aromatic carbocycles. The Balaban J connectivity index is 0.000000384. The molecule has 1 fully saturated rings. The van der Waals surface area contributed by atoms with E-state index < -0.39 is 30.3 Å². The van der Waals surface area contributed by atoms with E-state index in [0.717, 1.165) is 16.9 Å². The predicted octanol–water partition coefficient (Wildman–Crippen LogP) is 3.49. The lowest BCUT2D eigenvalue weighted by molar-refractivity contribution is -0.193. The molecular weight excluding hydrogens is 596 g/mol. The number of hydrogen-bond donors (Lipinski definition) is 5. The predicted molar refractivity (Wildman–Crippen MR) is 135 cm³/mol. The highest BCUT2D eigenvalue weighted by atomic mass is 19.4. The number of carbonyl (C=O) groups is 4. The summed E-state index contributed by atoms with van der Waals surface area (Å²) in [6, 6.07) is 10.8. The van der Waals surface area contributed by atoms with E-state index in [0.29, 0.717) is 37.1 Å². The number of hydrogen-bond acceptors (Lipinski definition) is 6. The molecule has 0 radical (unpaired) electrons. The van der Waals surface area contributed by atoms with Crippen LogP contribution in [0.2, 0.25) is 0 Å². The van der Waals surface area contributed by atoms with Crippen LogP contribution in [0.5, 0.6) is 0 Å². The summed E-state index contributed by atoms with van der Waals surface area (Å²) in [5.41, 5.74) is 9.10. The van der Waals surface area contributed by atoms with Crippen LogP contribution in [-0.4, -0.2) is 84.7 Å². The second-order valence-corrected chi connectivity index (χ2v) is 8.81. The van der Waals surface area contributed by atoms with Gasteiger partial charge in [0.05, 0.1) is 11.6 Å². The number of amidine groups is 1. The number of carbonyl (C=O) groups excluding carboxylic acids is 1. The number of fused-ring (bicyclic) bond motifs is 1. The third kappa shape index (κ3) is 9.72. The van der Waals surface area contributed by atoms with Crippen LogP contribution in [0.1, 0.15) is 28.8 Å². The molecule has 1 aliphatic rings. The fourth-order valence-corrected chi connectivity index (χ4v) is 3.59. The lowest BCUT2D eigenvalue weighted by Gasteiger charge is -2.30. The fraction of sp³-hybridized carbons (Fsp3) is 0.280. The molecule has 0 aliphatic carbocycles. The molecule has 12 nitrogen and oxygen atoms in total. The Hall–Kier alpha value is -5.16. The summed E-state index contributed by atoms with van der Waals surface area (Å²) >= 11 is 0. The summed E-state index contributed by atoms with van der Waals surface area (Å²) in [7, 11) is 0. The van der Waals surface area contributed by atoms with Gasteiger partial charge in [0.15, 0.2) is 0 Å². The molecule has 0 bridgehead atoms. The van der Waals surface area contributed by atoms with Gasteiger partial charge in [-0.2, -0.15) is 26.3 Å². The van der Waals surface area contributed by atoms with E-state index >= 15 is 0 Å². The van der Waals surface area contributed by atoms with E-state index in [2.05, 4.69) is 4.98 Å². The van der Waals surface area contributed by atoms with Gasteiger partial charge in [-0.25, -0.2) is 14.6 Å². The van der Waals surface area contributed by atoms with E-state index in [1.165, 1.54) is 0 Å². The number of nitrogens with two attached hydrogens (primary N) is 1. The summed E-state index contributed by atoms with van der Waals surface area (Å²) in [6.45, 7) is 0.922. The van der Waals surface area contributed by atoms with Gasteiger partial charge in [-0.3, -0.25) is 15.0 Å². The van der Waals surface area contributed by atoms with Crippen LogP contribution >= 0.6 is 0 Å². The van der Waals surface area contributed by atoms with Crippen molar-refractivity contribution >= 4 is 35.3 Å². The van der Waals surface area contributed by atoms with Crippen LogP contribution in [0.3, 0.4) is 0 Å². The van der Waals surface area contributed by atoms with Crippen LogP contribution in [0.15, 0.2) is 48.8 Å². The molecule has 43 heavy (non-hydrogen) atoms. The van der Waals surface area contributed by atoms with Gasteiger partial charge in [-0.15, -0.1) is 0 Å². The molecule has 1 amide bonds. The Labute approximate surface area is 237 Å². The third-order valence-corrected chi connectivity index (χ3v) is 5.81. The van der Waals surface area contributed by atoms with E-state index in [4.69, 9.17) is 36.1 Å². The first-order valence-electron chi connectivity index (χ1n) is 11.9. The average molecular weight is 619 g/mol. The molecule has 0 atom stereocenters. The van der Waals surface area contributed by atoms with Crippen molar-refractivity contribution in [3.8, 4) is 11.3 Å². The van der Waals surface area contributed by atoms with Gasteiger partial charge < -0.3 is 30.4 Å². The minimum atomic E-state index is -5.08. The second kappa shape index (κ2) is 13.7. The molecule has 6 N–H and O–H groups in total.